The Morgan fingerprint density at radius 3 is 2.73 bits per heavy atom. The molecule has 0 unspecified atom stereocenters. The van der Waals surface area contributed by atoms with Crippen LogP contribution in [-0.2, 0) is 4.79 Å². The summed E-state index contributed by atoms with van der Waals surface area (Å²) in [5.41, 5.74) is 0.998. The van der Waals surface area contributed by atoms with Crippen molar-refractivity contribution in [2.24, 2.45) is 0 Å². The molecule has 0 radical (unpaired) electrons. The molecule has 7 heteroatoms. The van der Waals surface area contributed by atoms with Gasteiger partial charge in [0.2, 0.25) is 5.91 Å². The molecule has 1 N–H and O–H groups in total. The number of hydrogen-bond donors (Lipinski definition) is 1. The van der Waals surface area contributed by atoms with Gasteiger partial charge >= 0.3 is 0 Å². The Balaban J connectivity index is 1.73. The Morgan fingerprint density at radius 1 is 1.19 bits per heavy atom. The van der Waals surface area contributed by atoms with Crippen molar-refractivity contribution < 1.29 is 14.3 Å². The van der Waals surface area contributed by atoms with Gasteiger partial charge < -0.3 is 19.7 Å². The first-order chi connectivity index (χ1) is 12.7. The lowest BCUT2D eigenvalue weighted by Gasteiger charge is -2.25. The van der Waals surface area contributed by atoms with Crippen LogP contribution in [0.25, 0.3) is 0 Å². The molecular weight excluding hydrogens is 350 g/mol. The van der Waals surface area contributed by atoms with Crippen LogP contribution in [0.4, 0.5) is 10.9 Å². The second-order valence-electron chi connectivity index (χ2n) is 6.67. The lowest BCUT2D eigenvalue weighted by Crippen LogP contribution is -2.29. The summed E-state index contributed by atoms with van der Waals surface area (Å²) in [7, 11) is 3.28. The van der Waals surface area contributed by atoms with Gasteiger partial charge in [-0.3, -0.25) is 4.79 Å². The number of piperidine rings is 1. The van der Waals surface area contributed by atoms with Gasteiger partial charge in [0.1, 0.15) is 17.3 Å². The number of anilines is 2. The summed E-state index contributed by atoms with van der Waals surface area (Å²) in [6.45, 7) is 2.08. The van der Waals surface area contributed by atoms with Crippen LogP contribution in [0.1, 0.15) is 42.0 Å². The van der Waals surface area contributed by atoms with E-state index in [1.165, 1.54) is 19.3 Å². The Kier molecular flexibility index (Phi) is 4.72. The molecule has 3 heterocycles. The predicted octanol–water partition coefficient (Wildman–Crippen LogP) is 3.62. The molecule has 2 aliphatic rings. The first kappa shape index (κ1) is 17.1. The zero-order chi connectivity index (χ0) is 18.1. The highest BCUT2D eigenvalue weighted by Crippen LogP contribution is 2.46. The van der Waals surface area contributed by atoms with Crippen LogP contribution in [0.15, 0.2) is 18.2 Å². The van der Waals surface area contributed by atoms with Crippen molar-refractivity contribution in [2.45, 2.75) is 31.6 Å². The molecule has 0 spiro atoms. The molecule has 1 fully saturated rings. The molecule has 1 saturated heterocycles. The number of benzene rings is 1. The van der Waals surface area contributed by atoms with Crippen LogP contribution in [0, 0.1) is 0 Å². The number of carbonyl (C=O) groups excluding carboxylic acids is 1. The van der Waals surface area contributed by atoms with Crippen molar-refractivity contribution in [1.82, 2.24) is 4.98 Å². The second kappa shape index (κ2) is 7.15. The van der Waals surface area contributed by atoms with E-state index in [0.29, 0.717) is 12.2 Å². The molecule has 1 aromatic carbocycles. The molecular formula is C19H23N3O3S. The van der Waals surface area contributed by atoms with Gasteiger partial charge in [0.25, 0.3) is 0 Å². The molecule has 6 nitrogen and oxygen atoms in total. The molecule has 2 aliphatic heterocycles. The molecule has 138 valence electrons. The van der Waals surface area contributed by atoms with Crippen molar-refractivity contribution in [2.75, 3.05) is 37.5 Å². The number of nitrogens with zero attached hydrogens (tertiary/aromatic N) is 2. The summed E-state index contributed by atoms with van der Waals surface area (Å²) in [4.78, 5) is 20.5. The number of thiazole rings is 1. The Hall–Kier alpha value is -2.28. The van der Waals surface area contributed by atoms with Crippen molar-refractivity contribution in [1.29, 1.82) is 0 Å². The zero-order valence-electron chi connectivity index (χ0n) is 15.1. The van der Waals surface area contributed by atoms with E-state index >= 15 is 0 Å². The molecule has 0 saturated carbocycles. The zero-order valence-corrected chi connectivity index (χ0v) is 15.9. The third-order valence-corrected chi connectivity index (χ3v) is 6.28. The average Bonchev–Trinajstić information content (AvgIpc) is 3.11. The first-order valence-corrected chi connectivity index (χ1v) is 9.78. The highest BCUT2D eigenvalue weighted by Gasteiger charge is 2.33. The number of aromatic nitrogens is 1. The Bertz CT molecular complexity index is 814. The molecule has 0 aliphatic carbocycles. The van der Waals surface area contributed by atoms with E-state index in [1.54, 1.807) is 25.6 Å². The summed E-state index contributed by atoms with van der Waals surface area (Å²) in [5.74, 6) is 2.13. The van der Waals surface area contributed by atoms with E-state index < -0.39 is 0 Å². The second-order valence-corrected chi connectivity index (χ2v) is 7.68. The van der Waals surface area contributed by atoms with Crippen LogP contribution >= 0.6 is 11.3 Å². The number of methoxy groups -OCH3 is 2. The molecule has 1 amide bonds. The number of fused-ring (bicyclic) bond motifs is 1. The van der Waals surface area contributed by atoms with Crippen molar-refractivity contribution >= 4 is 28.2 Å². The molecule has 4 rings (SSSR count). The van der Waals surface area contributed by atoms with Gasteiger partial charge in [0.15, 0.2) is 5.13 Å². The van der Waals surface area contributed by atoms with Gasteiger partial charge in [-0.1, -0.05) is 17.4 Å². The monoisotopic (exact) mass is 373 g/mol. The molecule has 0 bridgehead atoms. The van der Waals surface area contributed by atoms with Gasteiger partial charge in [-0.25, -0.2) is 4.98 Å². The number of rotatable bonds is 4. The molecule has 2 aromatic rings. The standard InChI is InChI=1S/C19H23N3O3S/c1-24-12-6-7-13(15(10-12)25-2)14-11-16(23)20-18-17(14)26-19(21-18)22-8-4-3-5-9-22/h6-7,10,14H,3-5,8-9,11H2,1-2H3,(H,20,23)/t14-/m1/s1. The average molecular weight is 373 g/mol. The molecule has 1 atom stereocenters. The number of ether oxygens (including phenoxy) is 2. The first-order valence-electron chi connectivity index (χ1n) is 8.97. The number of nitrogens with one attached hydrogen (secondary N) is 1. The topological polar surface area (TPSA) is 63.7 Å². The summed E-state index contributed by atoms with van der Waals surface area (Å²) in [6.07, 6.45) is 4.08. The minimum absolute atomic E-state index is 0.00383. The smallest absolute Gasteiger partial charge is 0.226 e. The fraction of sp³-hybridized carbons (Fsp3) is 0.474. The SMILES string of the molecule is COc1ccc([C@H]2CC(=O)Nc3nc(N4CCCCC4)sc32)c(OC)c1. The van der Waals surface area contributed by atoms with E-state index in [1.807, 2.05) is 18.2 Å². The van der Waals surface area contributed by atoms with E-state index in [4.69, 9.17) is 14.5 Å². The van der Waals surface area contributed by atoms with Crippen LogP contribution in [0.3, 0.4) is 0 Å². The maximum atomic E-state index is 12.3. The van der Waals surface area contributed by atoms with Crippen molar-refractivity contribution in [3.05, 3.63) is 28.6 Å². The highest BCUT2D eigenvalue weighted by molar-refractivity contribution is 7.16. The van der Waals surface area contributed by atoms with Crippen LogP contribution in [0.2, 0.25) is 0 Å². The van der Waals surface area contributed by atoms with Crippen LogP contribution in [0.5, 0.6) is 11.5 Å². The van der Waals surface area contributed by atoms with E-state index in [2.05, 4.69) is 10.2 Å². The highest BCUT2D eigenvalue weighted by atomic mass is 32.1. The Labute approximate surface area is 157 Å². The summed E-state index contributed by atoms with van der Waals surface area (Å²) >= 11 is 1.69. The fourth-order valence-corrected chi connectivity index (χ4v) is 4.88. The van der Waals surface area contributed by atoms with Crippen molar-refractivity contribution in [3.8, 4) is 11.5 Å². The quantitative estimate of drug-likeness (QED) is 0.887. The van der Waals surface area contributed by atoms with Crippen molar-refractivity contribution in [3.63, 3.8) is 0 Å². The summed E-state index contributed by atoms with van der Waals surface area (Å²) in [5, 5.41) is 3.96. The van der Waals surface area contributed by atoms with Crippen LogP contribution < -0.4 is 19.7 Å². The third-order valence-electron chi connectivity index (χ3n) is 5.05. The summed E-state index contributed by atoms with van der Waals surface area (Å²) in [6, 6.07) is 5.77. The maximum Gasteiger partial charge on any atom is 0.226 e. The maximum absolute atomic E-state index is 12.3. The van der Waals surface area contributed by atoms with Gasteiger partial charge in [-0.05, 0) is 25.3 Å². The number of carbonyl (C=O) groups is 1. The summed E-state index contributed by atoms with van der Waals surface area (Å²) < 4.78 is 10.9. The van der Waals surface area contributed by atoms with E-state index in [0.717, 1.165) is 40.2 Å². The Morgan fingerprint density at radius 2 is 2.00 bits per heavy atom. The number of amides is 1. The lowest BCUT2D eigenvalue weighted by molar-refractivity contribution is -0.116. The number of hydrogen-bond acceptors (Lipinski definition) is 6. The van der Waals surface area contributed by atoms with E-state index in [-0.39, 0.29) is 11.8 Å². The molecule has 1 aromatic heterocycles. The minimum Gasteiger partial charge on any atom is -0.497 e. The predicted molar refractivity (Wildman–Crippen MR) is 103 cm³/mol. The lowest BCUT2D eigenvalue weighted by atomic mass is 9.90. The van der Waals surface area contributed by atoms with E-state index in [9.17, 15) is 4.79 Å². The minimum atomic E-state index is -0.0457. The van der Waals surface area contributed by atoms with Gasteiger partial charge in [-0.15, -0.1) is 0 Å². The van der Waals surface area contributed by atoms with Gasteiger partial charge in [-0.2, -0.15) is 0 Å². The normalized spacial score (nSPS) is 19.7. The molecule has 26 heavy (non-hydrogen) atoms. The fourth-order valence-electron chi connectivity index (χ4n) is 3.69. The third kappa shape index (κ3) is 3.11. The van der Waals surface area contributed by atoms with Gasteiger partial charge in [0, 0.05) is 37.1 Å². The largest absolute Gasteiger partial charge is 0.497 e. The van der Waals surface area contributed by atoms with Crippen LogP contribution in [-0.4, -0.2) is 38.2 Å². The van der Waals surface area contributed by atoms with Gasteiger partial charge in [0.05, 0.1) is 19.1 Å².